The SMILES string of the molecule is COc1ccc([N+](=O)[O-])cc1OCc1cc(C(=O)O)co1. The van der Waals surface area contributed by atoms with Crippen molar-refractivity contribution >= 4 is 11.7 Å². The van der Waals surface area contributed by atoms with Crippen LogP contribution in [0.1, 0.15) is 16.1 Å². The molecule has 1 N–H and O–H groups in total. The number of carboxylic acids is 1. The number of nitrogens with zero attached hydrogens (tertiary/aromatic N) is 1. The van der Waals surface area contributed by atoms with E-state index in [1.807, 2.05) is 0 Å². The maximum Gasteiger partial charge on any atom is 0.338 e. The molecule has 0 aliphatic carbocycles. The Hall–Kier alpha value is -3.03. The van der Waals surface area contributed by atoms with Crippen LogP contribution < -0.4 is 9.47 Å². The summed E-state index contributed by atoms with van der Waals surface area (Å²) >= 11 is 0. The Morgan fingerprint density at radius 1 is 1.38 bits per heavy atom. The smallest absolute Gasteiger partial charge is 0.338 e. The number of carbonyl (C=O) groups is 1. The van der Waals surface area contributed by atoms with Crippen molar-refractivity contribution in [2.75, 3.05) is 7.11 Å². The molecule has 0 fully saturated rings. The van der Waals surface area contributed by atoms with Gasteiger partial charge in [0.2, 0.25) is 0 Å². The van der Waals surface area contributed by atoms with E-state index in [0.29, 0.717) is 5.75 Å². The van der Waals surface area contributed by atoms with Crippen LogP contribution in [0.5, 0.6) is 11.5 Å². The second-order valence-corrected chi connectivity index (χ2v) is 3.99. The molecule has 0 unspecified atom stereocenters. The molecule has 110 valence electrons. The van der Waals surface area contributed by atoms with Crippen LogP contribution in [0.3, 0.4) is 0 Å². The van der Waals surface area contributed by atoms with E-state index >= 15 is 0 Å². The highest BCUT2D eigenvalue weighted by Crippen LogP contribution is 2.31. The number of nitro groups is 1. The van der Waals surface area contributed by atoms with Crippen LogP contribution in [0.25, 0.3) is 0 Å². The molecule has 21 heavy (non-hydrogen) atoms. The van der Waals surface area contributed by atoms with Crippen molar-refractivity contribution < 1.29 is 28.7 Å². The number of ether oxygens (including phenoxy) is 2. The van der Waals surface area contributed by atoms with Crippen LogP contribution in [-0.2, 0) is 6.61 Å². The van der Waals surface area contributed by atoms with Gasteiger partial charge in [-0.2, -0.15) is 0 Å². The second-order valence-electron chi connectivity index (χ2n) is 3.99. The summed E-state index contributed by atoms with van der Waals surface area (Å²) in [6, 6.07) is 5.24. The zero-order valence-corrected chi connectivity index (χ0v) is 10.9. The van der Waals surface area contributed by atoms with E-state index in [-0.39, 0.29) is 29.4 Å². The number of carboxylic acid groups (broad SMARTS) is 1. The topological polar surface area (TPSA) is 112 Å². The molecule has 2 rings (SSSR count). The number of methoxy groups -OCH3 is 1. The maximum atomic E-state index is 10.7. The summed E-state index contributed by atoms with van der Waals surface area (Å²) in [5.74, 6) is -0.343. The number of nitro benzene ring substituents is 1. The Morgan fingerprint density at radius 2 is 2.14 bits per heavy atom. The molecule has 0 atom stereocenters. The van der Waals surface area contributed by atoms with Crippen LogP contribution in [-0.4, -0.2) is 23.1 Å². The fourth-order valence-corrected chi connectivity index (χ4v) is 1.61. The Bertz CT molecular complexity index is 677. The molecule has 0 spiro atoms. The molecular formula is C13H11NO7. The van der Waals surface area contributed by atoms with E-state index in [1.165, 1.54) is 31.4 Å². The van der Waals surface area contributed by atoms with Gasteiger partial charge in [-0.3, -0.25) is 10.1 Å². The van der Waals surface area contributed by atoms with E-state index in [2.05, 4.69) is 0 Å². The van der Waals surface area contributed by atoms with Crippen LogP contribution in [0.15, 0.2) is 34.9 Å². The summed E-state index contributed by atoms with van der Waals surface area (Å²) in [5, 5.41) is 19.5. The maximum absolute atomic E-state index is 10.7. The van der Waals surface area contributed by atoms with Gasteiger partial charge in [0, 0.05) is 6.07 Å². The van der Waals surface area contributed by atoms with Crippen molar-refractivity contribution in [1.82, 2.24) is 0 Å². The zero-order valence-electron chi connectivity index (χ0n) is 10.9. The molecule has 0 bridgehead atoms. The van der Waals surface area contributed by atoms with Crippen LogP contribution in [0.4, 0.5) is 5.69 Å². The van der Waals surface area contributed by atoms with Gasteiger partial charge in [-0.15, -0.1) is 0 Å². The molecule has 0 aliphatic heterocycles. The van der Waals surface area contributed by atoms with Gasteiger partial charge in [0.25, 0.3) is 5.69 Å². The summed E-state index contributed by atoms with van der Waals surface area (Å²) in [4.78, 5) is 20.9. The average molecular weight is 293 g/mol. The normalized spacial score (nSPS) is 10.1. The minimum absolute atomic E-state index is 0.000364. The quantitative estimate of drug-likeness (QED) is 0.643. The first-order valence-corrected chi connectivity index (χ1v) is 5.77. The molecule has 0 radical (unpaired) electrons. The predicted octanol–water partition coefficient (Wildman–Crippen LogP) is 2.47. The van der Waals surface area contributed by atoms with Crippen molar-refractivity contribution in [2.24, 2.45) is 0 Å². The Kier molecular flexibility index (Phi) is 4.07. The lowest BCUT2D eigenvalue weighted by molar-refractivity contribution is -0.385. The summed E-state index contributed by atoms with van der Waals surface area (Å²) in [6.45, 7) is -0.0786. The minimum atomic E-state index is -1.11. The van der Waals surface area contributed by atoms with E-state index in [4.69, 9.17) is 19.0 Å². The number of non-ortho nitro benzene ring substituents is 1. The number of benzene rings is 1. The molecule has 8 heteroatoms. The standard InChI is InChI=1S/C13H11NO7/c1-19-11-3-2-9(14(17)18)5-12(11)21-7-10-4-8(6-20-10)13(15)16/h2-6H,7H2,1H3,(H,15,16). The van der Waals surface area contributed by atoms with Crippen molar-refractivity contribution in [1.29, 1.82) is 0 Å². The molecule has 1 aromatic carbocycles. The van der Waals surface area contributed by atoms with Gasteiger partial charge in [-0.1, -0.05) is 0 Å². The van der Waals surface area contributed by atoms with Gasteiger partial charge in [0.1, 0.15) is 18.6 Å². The van der Waals surface area contributed by atoms with E-state index in [0.717, 1.165) is 6.26 Å². The van der Waals surface area contributed by atoms with Gasteiger partial charge in [0.15, 0.2) is 11.5 Å². The lowest BCUT2D eigenvalue weighted by Gasteiger charge is -2.09. The third kappa shape index (κ3) is 3.30. The highest BCUT2D eigenvalue weighted by atomic mass is 16.6. The number of rotatable bonds is 6. The number of hydrogen-bond donors (Lipinski definition) is 1. The predicted molar refractivity (Wildman–Crippen MR) is 69.6 cm³/mol. The zero-order chi connectivity index (χ0) is 15.4. The van der Waals surface area contributed by atoms with Gasteiger partial charge >= 0.3 is 5.97 Å². The summed E-state index contributed by atoms with van der Waals surface area (Å²) < 4.78 is 15.4. The van der Waals surface area contributed by atoms with Crippen LogP contribution in [0, 0.1) is 10.1 Å². The van der Waals surface area contributed by atoms with E-state index in [9.17, 15) is 14.9 Å². The monoisotopic (exact) mass is 293 g/mol. The fourth-order valence-electron chi connectivity index (χ4n) is 1.61. The Balaban J connectivity index is 2.15. The number of furan rings is 1. The van der Waals surface area contributed by atoms with Crippen molar-refractivity contribution in [3.63, 3.8) is 0 Å². The molecule has 0 saturated carbocycles. The van der Waals surface area contributed by atoms with Crippen molar-refractivity contribution in [3.05, 3.63) is 52.0 Å². The molecule has 1 aromatic heterocycles. The molecular weight excluding hydrogens is 282 g/mol. The molecule has 0 amide bonds. The minimum Gasteiger partial charge on any atom is -0.493 e. The highest BCUT2D eigenvalue weighted by molar-refractivity contribution is 5.87. The third-order valence-electron chi connectivity index (χ3n) is 2.63. The average Bonchev–Trinajstić information content (AvgIpc) is 2.93. The van der Waals surface area contributed by atoms with Crippen molar-refractivity contribution in [2.45, 2.75) is 6.61 Å². The Labute approximate surface area is 118 Å². The van der Waals surface area contributed by atoms with Gasteiger partial charge in [-0.25, -0.2) is 4.79 Å². The number of aromatic carboxylic acids is 1. The van der Waals surface area contributed by atoms with Crippen LogP contribution in [0.2, 0.25) is 0 Å². The van der Waals surface area contributed by atoms with Crippen molar-refractivity contribution in [3.8, 4) is 11.5 Å². The molecule has 1 heterocycles. The molecule has 0 aliphatic rings. The fraction of sp³-hybridized carbons (Fsp3) is 0.154. The first-order valence-electron chi connectivity index (χ1n) is 5.77. The largest absolute Gasteiger partial charge is 0.493 e. The first-order chi connectivity index (χ1) is 10.0. The summed E-state index contributed by atoms with van der Waals surface area (Å²) in [5.41, 5.74) is -0.143. The van der Waals surface area contributed by atoms with E-state index in [1.54, 1.807) is 0 Å². The Morgan fingerprint density at radius 3 is 2.71 bits per heavy atom. The van der Waals surface area contributed by atoms with Gasteiger partial charge in [-0.05, 0) is 12.1 Å². The molecule has 8 nitrogen and oxygen atoms in total. The third-order valence-corrected chi connectivity index (χ3v) is 2.63. The highest BCUT2D eigenvalue weighted by Gasteiger charge is 2.14. The lowest BCUT2D eigenvalue weighted by atomic mass is 10.3. The second kappa shape index (κ2) is 5.95. The van der Waals surface area contributed by atoms with E-state index < -0.39 is 10.9 Å². The molecule has 0 saturated heterocycles. The molecule has 2 aromatic rings. The first kappa shape index (κ1) is 14.4. The van der Waals surface area contributed by atoms with Gasteiger partial charge in [0.05, 0.1) is 23.7 Å². The summed E-state index contributed by atoms with van der Waals surface area (Å²) in [6.07, 6.45) is 1.09. The summed E-state index contributed by atoms with van der Waals surface area (Å²) in [7, 11) is 1.41. The lowest BCUT2D eigenvalue weighted by Crippen LogP contribution is -1.98. The van der Waals surface area contributed by atoms with Crippen LogP contribution >= 0.6 is 0 Å². The van der Waals surface area contributed by atoms with Gasteiger partial charge < -0.3 is 19.0 Å². The number of hydrogen-bond acceptors (Lipinski definition) is 6.